The molecule has 0 aliphatic heterocycles. The number of aromatic nitrogens is 1. The van der Waals surface area contributed by atoms with E-state index in [4.69, 9.17) is 9.79 Å². The normalized spacial score (nSPS) is 11.9. The summed E-state index contributed by atoms with van der Waals surface area (Å²) in [5, 5.41) is 2.31. The molecule has 2 N–H and O–H groups in total. The molecule has 0 bridgehead atoms. The molecule has 33 heavy (non-hydrogen) atoms. The van der Waals surface area contributed by atoms with Crippen molar-refractivity contribution in [3.8, 4) is 22.3 Å². The van der Waals surface area contributed by atoms with Crippen LogP contribution in [0.5, 0.6) is 0 Å². The van der Waals surface area contributed by atoms with Gasteiger partial charge in [0.25, 0.3) is 0 Å². The van der Waals surface area contributed by atoms with E-state index in [1.54, 1.807) is 0 Å². The van der Waals surface area contributed by atoms with Gasteiger partial charge in [-0.25, -0.2) is 4.57 Å². The fourth-order valence-electron chi connectivity index (χ4n) is 4.37. The standard InChI is InChI=1S/C27H24NO4P/c29-33(30,31)32-17-7-16-28-26-14-12-22(20-8-3-1-4-9-20)18-24(26)25-19-23(13-15-27(25)28)21-10-5-2-6-11-21/h1-6,8-15,18-19H,7,16-17H2,(H2,29,30,31). The van der Waals surface area contributed by atoms with Crippen LogP contribution in [-0.4, -0.2) is 21.0 Å². The molecular weight excluding hydrogens is 433 g/mol. The zero-order valence-corrected chi connectivity index (χ0v) is 18.9. The Hall–Kier alpha value is -3.21. The van der Waals surface area contributed by atoms with Crippen LogP contribution in [-0.2, 0) is 15.6 Å². The summed E-state index contributed by atoms with van der Waals surface area (Å²) in [5.74, 6) is 0. The Morgan fingerprint density at radius 3 is 1.61 bits per heavy atom. The van der Waals surface area contributed by atoms with Crippen molar-refractivity contribution in [2.75, 3.05) is 6.61 Å². The van der Waals surface area contributed by atoms with E-state index >= 15 is 0 Å². The molecule has 0 fully saturated rings. The summed E-state index contributed by atoms with van der Waals surface area (Å²) in [4.78, 5) is 18.0. The van der Waals surface area contributed by atoms with Crippen LogP contribution < -0.4 is 0 Å². The minimum absolute atomic E-state index is 0.00432. The number of rotatable bonds is 7. The van der Waals surface area contributed by atoms with Gasteiger partial charge >= 0.3 is 7.82 Å². The van der Waals surface area contributed by atoms with E-state index in [-0.39, 0.29) is 6.61 Å². The molecule has 166 valence electrons. The predicted octanol–water partition coefficient (Wildman–Crippen LogP) is 6.63. The highest BCUT2D eigenvalue weighted by atomic mass is 31.2. The fourth-order valence-corrected chi connectivity index (χ4v) is 4.74. The monoisotopic (exact) mass is 457 g/mol. The molecule has 0 atom stereocenters. The van der Waals surface area contributed by atoms with Gasteiger partial charge in [0.2, 0.25) is 0 Å². The molecule has 0 saturated carbocycles. The first kappa shape index (κ1) is 21.6. The molecule has 0 amide bonds. The van der Waals surface area contributed by atoms with Gasteiger partial charge in [0.1, 0.15) is 0 Å². The lowest BCUT2D eigenvalue weighted by atomic mass is 10.0. The number of phosphoric acid groups is 1. The Bertz CT molecular complexity index is 1360. The highest BCUT2D eigenvalue weighted by Crippen LogP contribution is 2.37. The van der Waals surface area contributed by atoms with E-state index in [0.29, 0.717) is 13.0 Å². The van der Waals surface area contributed by atoms with Crippen molar-refractivity contribution in [3.63, 3.8) is 0 Å². The van der Waals surface area contributed by atoms with Gasteiger partial charge in [-0.15, -0.1) is 0 Å². The Morgan fingerprint density at radius 1 is 0.667 bits per heavy atom. The predicted molar refractivity (Wildman–Crippen MR) is 133 cm³/mol. The highest BCUT2D eigenvalue weighted by Gasteiger charge is 2.15. The number of phosphoric ester groups is 1. The Balaban J connectivity index is 1.62. The summed E-state index contributed by atoms with van der Waals surface area (Å²) in [6, 6.07) is 33.6. The quantitative estimate of drug-likeness (QED) is 0.213. The van der Waals surface area contributed by atoms with E-state index < -0.39 is 7.82 Å². The van der Waals surface area contributed by atoms with Gasteiger partial charge in [-0.2, -0.15) is 0 Å². The SMILES string of the molecule is O=P(O)(O)OCCCn1c2ccc(-c3ccccc3)cc2c2cc(-c3ccccc3)ccc21. The Kier molecular flexibility index (Phi) is 5.88. The zero-order valence-electron chi connectivity index (χ0n) is 18.0. The second kappa shape index (κ2) is 8.97. The van der Waals surface area contributed by atoms with Crippen molar-refractivity contribution in [1.82, 2.24) is 4.57 Å². The number of nitrogens with zero attached hydrogens (tertiary/aromatic N) is 1. The average molecular weight is 457 g/mol. The van der Waals surface area contributed by atoms with Crippen LogP contribution >= 0.6 is 7.82 Å². The van der Waals surface area contributed by atoms with E-state index in [1.807, 2.05) is 36.4 Å². The molecule has 5 rings (SSSR count). The third-order valence-corrected chi connectivity index (χ3v) is 6.38. The van der Waals surface area contributed by atoms with Crippen molar-refractivity contribution < 1.29 is 18.9 Å². The van der Waals surface area contributed by atoms with Gasteiger partial charge < -0.3 is 14.4 Å². The first-order valence-corrected chi connectivity index (χ1v) is 12.4. The second-order valence-corrected chi connectivity index (χ2v) is 9.26. The molecule has 4 aromatic carbocycles. The first-order valence-electron chi connectivity index (χ1n) is 10.9. The number of fused-ring (bicyclic) bond motifs is 3. The maximum absolute atomic E-state index is 11.0. The van der Waals surface area contributed by atoms with Crippen LogP contribution in [0.1, 0.15) is 6.42 Å². The Labute approximate surface area is 192 Å². The molecule has 6 heteroatoms. The molecule has 0 aliphatic carbocycles. The summed E-state index contributed by atoms with van der Waals surface area (Å²) in [6.07, 6.45) is 0.491. The highest BCUT2D eigenvalue weighted by molar-refractivity contribution is 7.46. The van der Waals surface area contributed by atoms with E-state index in [0.717, 1.165) is 44.1 Å². The lowest BCUT2D eigenvalue weighted by Gasteiger charge is -2.09. The topological polar surface area (TPSA) is 71.7 Å². The minimum atomic E-state index is -4.46. The molecular formula is C27H24NO4P. The summed E-state index contributed by atoms with van der Waals surface area (Å²) >= 11 is 0. The van der Waals surface area contributed by atoms with Crippen LogP contribution in [0.2, 0.25) is 0 Å². The fraction of sp³-hybridized carbons (Fsp3) is 0.111. The van der Waals surface area contributed by atoms with Gasteiger partial charge in [-0.3, -0.25) is 4.52 Å². The summed E-state index contributed by atoms with van der Waals surface area (Å²) in [7, 11) is -4.46. The Morgan fingerprint density at radius 2 is 1.15 bits per heavy atom. The lowest BCUT2D eigenvalue weighted by molar-refractivity contribution is 0.192. The number of aryl methyl sites for hydroxylation is 1. The number of hydrogen-bond donors (Lipinski definition) is 2. The molecule has 0 aliphatic rings. The maximum atomic E-state index is 11.0. The van der Waals surface area contributed by atoms with Crippen molar-refractivity contribution in [3.05, 3.63) is 97.1 Å². The van der Waals surface area contributed by atoms with Crippen LogP contribution in [0.3, 0.4) is 0 Å². The zero-order chi connectivity index (χ0) is 22.8. The third-order valence-electron chi connectivity index (χ3n) is 5.86. The van der Waals surface area contributed by atoms with Crippen LogP contribution in [0.25, 0.3) is 44.1 Å². The van der Waals surface area contributed by atoms with Crippen LogP contribution in [0, 0.1) is 0 Å². The molecule has 0 radical (unpaired) electrons. The van der Waals surface area contributed by atoms with Crippen molar-refractivity contribution in [2.24, 2.45) is 0 Å². The molecule has 0 saturated heterocycles. The molecule has 1 heterocycles. The van der Waals surface area contributed by atoms with Gasteiger partial charge in [0, 0.05) is 28.4 Å². The van der Waals surface area contributed by atoms with Crippen molar-refractivity contribution >= 4 is 29.6 Å². The molecule has 1 aromatic heterocycles. The van der Waals surface area contributed by atoms with Gasteiger partial charge in [-0.1, -0.05) is 72.8 Å². The molecule has 0 unspecified atom stereocenters. The van der Waals surface area contributed by atoms with Crippen molar-refractivity contribution in [1.29, 1.82) is 0 Å². The summed E-state index contributed by atoms with van der Waals surface area (Å²) < 4.78 is 17.9. The van der Waals surface area contributed by atoms with Gasteiger partial charge in [-0.05, 0) is 52.9 Å². The molecule has 0 spiro atoms. The van der Waals surface area contributed by atoms with Crippen LogP contribution in [0.4, 0.5) is 0 Å². The molecule has 5 aromatic rings. The summed E-state index contributed by atoms with van der Waals surface area (Å²) in [5.41, 5.74) is 6.80. The number of hydrogen-bond acceptors (Lipinski definition) is 2. The number of benzene rings is 4. The third kappa shape index (κ3) is 4.63. The minimum Gasteiger partial charge on any atom is -0.340 e. The van der Waals surface area contributed by atoms with Gasteiger partial charge in [0.05, 0.1) is 6.61 Å². The first-order chi connectivity index (χ1) is 16.0. The lowest BCUT2D eigenvalue weighted by Crippen LogP contribution is -2.02. The largest absolute Gasteiger partial charge is 0.469 e. The average Bonchev–Trinajstić information content (AvgIpc) is 3.14. The van der Waals surface area contributed by atoms with E-state index in [2.05, 4.69) is 69.8 Å². The van der Waals surface area contributed by atoms with E-state index in [1.165, 1.54) is 0 Å². The van der Waals surface area contributed by atoms with Crippen molar-refractivity contribution in [2.45, 2.75) is 13.0 Å². The van der Waals surface area contributed by atoms with Gasteiger partial charge in [0.15, 0.2) is 0 Å². The second-order valence-electron chi connectivity index (χ2n) is 8.02. The van der Waals surface area contributed by atoms with Crippen LogP contribution in [0.15, 0.2) is 97.1 Å². The molecule has 5 nitrogen and oxygen atoms in total. The maximum Gasteiger partial charge on any atom is 0.469 e. The smallest absolute Gasteiger partial charge is 0.340 e. The van der Waals surface area contributed by atoms with E-state index in [9.17, 15) is 4.57 Å². The summed E-state index contributed by atoms with van der Waals surface area (Å²) in [6.45, 7) is 0.588.